The van der Waals surface area contributed by atoms with Crippen molar-refractivity contribution >= 4 is 25.5 Å². The van der Waals surface area contributed by atoms with E-state index in [1.165, 1.54) is 48.4 Å². The number of nitrogens with zero attached hydrogens (tertiary/aromatic N) is 3. The summed E-state index contributed by atoms with van der Waals surface area (Å²) in [5.41, 5.74) is 3.90. The Bertz CT molecular complexity index is 1150. The molecule has 8 heteroatoms. The van der Waals surface area contributed by atoms with Gasteiger partial charge in [0.2, 0.25) is 11.8 Å². The first-order chi connectivity index (χ1) is 20.1. The van der Waals surface area contributed by atoms with Gasteiger partial charge in [-0.2, -0.15) is 0 Å². The van der Waals surface area contributed by atoms with Gasteiger partial charge >= 0.3 is 0 Å². The summed E-state index contributed by atoms with van der Waals surface area (Å²) in [4.78, 5) is 31.3. The van der Waals surface area contributed by atoms with Gasteiger partial charge in [0.15, 0.2) is 7.98 Å². The first-order valence-electron chi connectivity index (χ1n) is 15.3. The second-order valence-corrected chi connectivity index (χ2v) is 12.2. The Labute approximate surface area is 255 Å². The maximum absolute atomic E-state index is 13.0. The van der Waals surface area contributed by atoms with Crippen LogP contribution < -0.4 is 10.6 Å². The number of hydrogen-bond acceptors (Lipinski definition) is 5. The monoisotopic (exact) mass is 571 g/mol. The van der Waals surface area contributed by atoms with E-state index in [1.54, 1.807) is 17.9 Å². The number of piperidine rings is 2. The summed E-state index contributed by atoms with van der Waals surface area (Å²) in [6, 6.07) is 6.10. The lowest BCUT2D eigenvalue weighted by molar-refractivity contribution is -0.143. The van der Waals surface area contributed by atoms with Crippen LogP contribution in [-0.4, -0.2) is 88.3 Å². The quantitative estimate of drug-likeness (QED) is 0.338. The minimum absolute atomic E-state index is 0.000645. The molecule has 2 aliphatic heterocycles. The average molecular weight is 572 g/mol. The molecule has 2 saturated heterocycles. The van der Waals surface area contributed by atoms with Gasteiger partial charge in [-0.15, -0.1) is 0 Å². The number of allylic oxidation sites excluding steroid dienone is 6. The van der Waals surface area contributed by atoms with E-state index >= 15 is 0 Å². The van der Waals surface area contributed by atoms with Crippen molar-refractivity contribution < 1.29 is 9.59 Å². The molecule has 1 aromatic carbocycles. The molecule has 2 radical (unpaired) electrons. The van der Waals surface area contributed by atoms with Gasteiger partial charge in [0.05, 0.1) is 6.54 Å². The lowest BCUT2D eigenvalue weighted by atomic mass is 9.78. The summed E-state index contributed by atoms with van der Waals surface area (Å²) in [5, 5.41) is 6.16. The van der Waals surface area contributed by atoms with Gasteiger partial charge in [-0.3, -0.25) is 9.59 Å². The van der Waals surface area contributed by atoms with Crippen molar-refractivity contribution in [3.05, 3.63) is 78.1 Å². The van der Waals surface area contributed by atoms with Crippen molar-refractivity contribution in [3.63, 3.8) is 0 Å². The normalized spacial score (nSPS) is 21.0. The van der Waals surface area contributed by atoms with Crippen LogP contribution in [0.2, 0.25) is 0 Å². The van der Waals surface area contributed by atoms with E-state index in [1.807, 2.05) is 38.3 Å². The van der Waals surface area contributed by atoms with Gasteiger partial charge in [0.1, 0.15) is 0 Å². The number of likely N-dealkylation sites (tertiary alicyclic amines) is 1. The molecule has 1 aromatic rings. The number of likely N-dealkylation sites (N-methyl/N-ethyl adjacent to an activating group) is 2. The zero-order valence-corrected chi connectivity index (χ0v) is 26.2. The minimum atomic E-state index is -0.467. The lowest BCUT2D eigenvalue weighted by Gasteiger charge is -2.39. The molecule has 1 aliphatic carbocycles. The number of hydrogen-bond donors (Lipinski definition) is 2. The number of anilines is 1. The van der Waals surface area contributed by atoms with Crippen molar-refractivity contribution in [2.24, 2.45) is 11.3 Å². The average Bonchev–Trinajstić information content (AvgIpc) is 3.39. The number of carbonyl (C=O) groups is 2. The van der Waals surface area contributed by atoms with E-state index in [4.69, 9.17) is 7.98 Å². The van der Waals surface area contributed by atoms with Gasteiger partial charge in [-0.05, 0) is 113 Å². The Balaban J connectivity index is 0.000000603. The standard InChI is InChI=1S/C28H37BN4O2.C6H13N/c1-5-6-7-8-24(30-3)11-9-21-17-22-10-12-25(19-23(22)18-21)31-26(34)20-32(4)27(35)28(2)13-15-33(29)16-14-28;1-7-5-3-2-4-6-7/h5-12,19,21,30H,1,13-18,20H2,2-4H3,(H,31,34);2-6H2,1H3/b7-6-,11-9+,24-8+;. The van der Waals surface area contributed by atoms with Gasteiger partial charge in [-0.1, -0.05) is 50.3 Å². The smallest absolute Gasteiger partial charge is 0.243 e. The molecular weight excluding hydrogens is 521 g/mol. The molecule has 2 N–H and O–H groups in total. The highest BCUT2D eigenvalue weighted by molar-refractivity contribution is 6.04. The molecule has 0 bridgehead atoms. The third-order valence-corrected chi connectivity index (χ3v) is 8.54. The molecule has 4 rings (SSSR count). The fourth-order valence-corrected chi connectivity index (χ4v) is 5.80. The molecule has 3 aliphatic rings. The van der Waals surface area contributed by atoms with Crippen molar-refractivity contribution in [1.29, 1.82) is 0 Å². The molecule has 2 fully saturated rings. The largest absolute Gasteiger partial charge is 0.388 e. The molecule has 2 heterocycles. The van der Waals surface area contributed by atoms with Crippen LogP contribution in [-0.2, 0) is 22.4 Å². The summed E-state index contributed by atoms with van der Waals surface area (Å²) in [6.07, 6.45) is 19.5. The maximum Gasteiger partial charge on any atom is 0.243 e. The molecule has 7 nitrogen and oxygen atoms in total. The minimum Gasteiger partial charge on any atom is -0.388 e. The van der Waals surface area contributed by atoms with Crippen LogP contribution in [0.3, 0.4) is 0 Å². The summed E-state index contributed by atoms with van der Waals surface area (Å²) < 4.78 is 0. The highest BCUT2D eigenvalue weighted by Gasteiger charge is 2.38. The molecule has 0 spiro atoms. The lowest BCUT2D eigenvalue weighted by Crippen LogP contribution is -2.48. The first-order valence-corrected chi connectivity index (χ1v) is 15.3. The Morgan fingerprint density at radius 1 is 1.10 bits per heavy atom. The number of nitrogens with one attached hydrogen (secondary N) is 2. The Hall–Kier alpha value is -3.10. The van der Waals surface area contributed by atoms with E-state index < -0.39 is 5.41 Å². The van der Waals surface area contributed by atoms with Crippen LogP contribution in [0.5, 0.6) is 0 Å². The number of benzene rings is 1. The van der Waals surface area contributed by atoms with E-state index in [0.717, 1.165) is 24.2 Å². The van der Waals surface area contributed by atoms with Crippen LogP contribution >= 0.6 is 0 Å². The van der Waals surface area contributed by atoms with Crippen LogP contribution in [0.4, 0.5) is 5.69 Å². The maximum atomic E-state index is 13.0. The fourth-order valence-electron chi connectivity index (χ4n) is 5.80. The van der Waals surface area contributed by atoms with E-state index in [0.29, 0.717) is 31.8 Å². The number of amides is 2. The molecule has 1 unspecified atom stereocenters. The molecule has 2 amide bonds. The van der Waals surface area contributed by atoms with E-state index in [-0.39, 0.29) is 18.4 Å². The van der Waals surface area contributed by atoms with Crippen molar-refractivity contribution in [2.45, 2.75) is 51.9 Å². The van der Waals surface area contributed by atoms with Gasteiger partial charge < -0.3 is 25.2 Å². The Morgan fingerprint density at radius 3 is 2.40 bits per heavy atom. The predicted molar refractivity (Wildman–Crippen MR) is 175 cm³/mol. The van der Waals surface area contributed by atoms with Crippen LogP contribution in [0.1, 0.15) is 50.2 Å². The topological polar surface area (TPSA) is 67.9 Å². The zero-order valence-electron chi connectivity index (χ0n) is 26.2. The van der Waals surface area contributed by atoms with Crippen LogP contribution in [0.15, 0.2) is 66.9 Å². The van der Waals surface area contributed by atoms with Gasteiger partial charge in [0.25, 0.3) is 0 Å². The molecule has 0 aromatic heterocycles. The zero-order chi connectivity index (χ0) is 30.5. The first kappa shape index (κ1) is 33.4. The molecule has 226 valence electrons. The molecule has 42 heavy (non-hydrogen) atoms. The van der Waals surface area contributed by atoms with E-state index in [9.17, 15) is 9.59 Å². The number of carbonyl (C=O) groups excluding carboxylic acids is 2. The molecule has 0 saturated carbocycles. The number of fused-ring (bicyclic) bond motifs is 1. The predicted octanol–water partition coefficient (Wildman–Crippen LogP) is 4.49. The van der Waals surface area contributed by atoms with Crippen molar-refractivity contribution in [2.75, 3.05) is 59.2 Å². The SMILES string of the molecule is CN1CCCCC1.[B]N1CCC(C)(C(=O)N(C)CC(=O)Nc2ccc3c(c2)CC(/C=C/C(=C\C=C/C=C)NC)C3)CC1. The highest BCUT2D eigenvalue weighted by atomic mass is 16.2. The molecule has 1 atom stereocenters. The Morgan fingerprint density at radius 2 is 1.79 bits per heavy atom. The third-order valence-electron chi connectivity index (χ3n) is 8.54. The van der Waals surface area contributed by atoms with Gasteiger partial charge in [-0.25, -0.2) is 0 Å². The fraction of sp³-hybridized carbons (Fsp3) is 0.529. The van der Waals surface area contributed by atoms with Crippen molar-refractivity contribution in [3.8, 4) is 0 Å². The second-order valence-electron chi connectivity index (χ2n) is 12.2. The Kier molecular flexibility index (Phi) is 13.1. The van der Waals surface area contributed by atoms with Crippen LogP contribution in [0, 0.1) is 11.3 Å². The number of rotatable bonds is 9. The molecular formula is C34H50BN5O2. The summed E-state index contributed by atoms with van der Waals surface area (Å²) in [7, 11) is 11.6. The second kappa shape index (κ2) is 16.5. The van der Waals surface area contributed by atoms with Crippen LogP contribution in [0.25, 0.3) is 0 Å². The summed E-state index contributed by atoms with van der Waals surface area (Å²) in [6.45, 7) is 9.69. The summed E-state index contributed by atoms with van der Waals surface area (Å²) >= 11 is 0. The van der Waals surface area contributed by atoms with E-state index in [2.05, 4.69) is 53.4 Å². The highest BCUT2D eigenvalue weighted by Crippen LogP contribution is 2.32. The summed E-state index contributed by atoms with van der Waals surface area (Å²) in [5.74, 6) is 0.228. The van der Waals surface area contributed by atoms with Crippen molar-refractivity contribution in [1.82, 2.24) is 19.9 Å². The third kappa shape index (κ3) is 10.3. The van der Waals surface area contributed by atoms with Gasteiger partial charge in [0, 0.05) is 30.9 Å².